The van der Waals surface area contributed by atoms with E-state index in [-0.39, 0.29) is 4.90 Å². The molecule has 25 heavy (non-hydrogen) atoms. The van der Waals surface area contributed by atoms with Crippen molar-refractivity contribution in [1.82, 2.24) is 9.21 Å². The average molecular weight is 362 g/mol. The molecule has 2 aliphatic heterocycles. The van der Waals surface area contributed by atoms with Crippen LogP contribution in [0.1, 0.15) is 38.2 Å². The van der Waals surface area contributed by atoms with Crippen molar-refractivity contribution in [3.8, 4) is 6.07 Å². The molecule has 2 aliphatic rings. The molecule has 0 saturated carbocycles. The lowest BCUT2D eigenvalue weighted by Gasteiger charge is -2.37. The Balaban J connectivity index is 1.56. The molecule has 0 bridgehead atoms. The normalized spacial score (nSPS) is 24.1. The zero-order valence-corrected chi connectivity index (χ0v) is 15.7. The molecular weight excluding hydrogens is 334 g/mol. The number of hydrogen-bond acceptors (Lipinski definition) is 4. The van der Waals surface area contributed by atoms with Crippen LogP contribution in [-0.2, 0) is 10.0 Å². The first-order valence-electron chi connectivity index (χ1n) is 9.21. The first-order valence-corrected chi connectivity index (χ1v) is 10.7. The summed E-state index contributed by atoms with van der Waals surface area (Å²) >= 11 is 0. The quantitative estimate of drug-likeness (QED) is 0.827. The van der Waals surface area contributed by atoms with Crippen LogP contribution in [0.15, 0.2) is 29.2 Å². The molecule has 6 heteroatoms. The summed E-state index contributed by atoms with van der Waals surface area (Å²) in [6.45, 7) is 6.98. The van der Waals surface area contributed by atoms with Gasteiger partial charge in [0.15, 0.2) is 0 Å². The summed E-state index contributed by atoms with van der Waals surface area (Å²) in [5.74, 6) is 1.38. The fourth-order valence-corrected chi connectivity index (χ4v) is 5.47. The lowest BCUT2D eigenvalue weighted by molar-refractivity contribution is 0.136. The van der Waals surface area contributed by atoms with E-state index in [1.165, 1.54) is 38.1 Å². The molecule has 1 aromatic carbocycles. The van der Waals surface area contributed by atoms with Crippen LogP contribution in [0.25, 0.3) is 0 Å². The Kier molecular flexibility index (Phi) is 5.78. The number of benzene rings is 1. The second-order valence-electron chi connectivity index (χ2n) is 7.49. The Labute approximate surface area is 151 Å². The molecule has 1 unspecified atom stereocenters. The Bertz CT molecular complexity index is 716. The van der Waals surface area contributed by atoms with E-state index in [2.05, 4.69) is 11.8 Å². The van der Waals surface area contributed by atoms with Crippen molar-refractivity contribution >= 4 is 10.0 Å². The van der Waals surface area contributed by atoms with Crippen LogP contribution in [0.2, 0.25) is 0 Å². The number of likely N-dealkylation sites (tertiary alicyclic amines) is 1. The van der Waals surface area contributed by atoms with Gasteiger partial charge in [0, 0.05) is 26.2 Å². The topological polar surface area (TPSA) is 64.4 Å². The maximum atomic E-state index is 12.8. The van der Waals surface area contributed by atoms with Gasteiger partial charge >= 0.3 is 0 Å². The summed E-state index contributed by atoms with van der Waals surface area (Å²) in [5.41, 5.74) is 0.480. The first-order chi connectivity index (χ1) is 12.0. The Hall–Kier alpha value is -1.42. The summed E-state index contributed by atoms with van der Waals surface area (Å²) in [6.07, 6.45) is 4.48. The largest absolute Gasteiger partial charge is 0.303 e. The van der Waals surface area contributed by atoms with E-state index in [1.807, 2.05) is 6.07 Å². The van der Waals surface area contributed by atoms with E-state index in [4.69, 9.17) is 5.26 Å². The summed E-state index contributed by atoms with van der Waals surface area (Å²) in [7, 11) is -3.44. The molecule has 5 nitrogen and oxygen atoms in total. The number of nitrogens with zero attached hydrogens (tertiary/aromatic N) is 3. The number of nitriles is 1. The zero-order chi connectivity index (χ0) is 17.9. The highest BCUT2D eigenvalue weighted by atomic mass is 32.2. The van der Waals surface area contributed by atoms with Crippen molar-refractivity contribution < 1.29 is 8.42 Å². The smallest absolute Gasteiger partial charge is 0.243 e. The molecule has 0 spiro atoms. The summed E-state index contributed by atoms with van der Waals surface area (Å²) < 4.78 is 27.1. The molecule has 0 aromatic heterocycles. The van der Waals surface area contributed by atoms with Gasteiger partial charge in [-0.15, -0.1) is 0 Å². The molecule has 2 fully saturated rings. The summed E-state index contributed by atoms with van der Waals surface area (Å²) in [6, 6.07) is 8.23. The molecule has 2 saturated heterocycles. The molecule has 136 valence electrons. The van der Waals surface area contributed by atoms with Gasteiger partial charge in [0.1, 0.15) is 0 Å². The third-order valence-corrected chi connectivity index (χ3v) is 7.37. The zero-order valence-electron chi connectivity index (χ0n) is 14.9. The molecular formula is C19H27N3O2S. The predicted octanol–water partition coefficient (Wildman–Crippen LogP) is 2.69. The molecule has 0 N–H and O–H groups in total. The SMILES string of the molecule is CC1CCCN(CC2CCN(S(=O)(=O)c3ccc(C#N)cc3)CC2)C1. The Morgan fingerprint density at radius 3 is 2.40 bits per heavy atom. The Morgan fingerprint density at radius 1 is 1.12 bits per heavy atom. The average Bonchev–Trinajstić information content (AvgIpc) is 2.62. The number of piperidine rings is 2. The lowest BCUT2D eigenvalue weighted by Crippen LogP contribution is -2.43. The van der Waals surface area contributed by atoms with Crippen LogP contribution in [0.5, 0.6) is 0 Å². The predicted molar refractivity (Wildman–Crippen MR) is 97.5 cm³/mol. The fourth-order valence-electron chi connectivity index (χ4n) is 4.00. The maximum absolute atomic E-state index is 12.8. The minimum absolute atomic E-state index is 0.287. The van der Waals surface area contributed by atoms with E-state index >= 15 is 0 Å². The second kappa shape index (κ2) is 7.86. The maximum Gasteiger partial charge on any atom is 0.243 e. The molecule has 3 rings (SSSR count). The van der Waals surface area contributed by atoms with Gasteiger partial charge in [-0.2, -0.15) is 9.57 Å². The van der Waals surface area contributed by atoms with Gasteiger partial charge in [0.2, 0.25) is 10.0 Å². The van der Waals surface area contributed by atoms with E-state index < -0.39 is 10.0 Å². The van der Waals surface area contributed by atoms with E-state index in [0.29, 0.717) is 24.6 Å². The highest BCUT2D eigenvalue weighted by Crippen LogP contribution is 2.26. The molecule has 0 aliphatic carbocycles. The van der Waals surface area contributed by atoms with E-state index in [0.717, 1.165) is 25.3 Å². The first kappa shape index (κ1) is 18.4. The van der Waals surface area contributed by atoms with Gasteiger partial charge in [-0.25, -0.2) is 8.42 Å². The summed E-state index contributed by atoms with van der Waals surface area (Å²) in [5, 5.41) is 8.85. The van der Waals surface area contributed by atoms with Gasteiger partial charge in [0.05, 0.1) is 16.5 Å². The van der Waals surface area contributed by atoms with Gasteiger partial charge in [0.25, 0.3) is 0 Å². The van der Waals surface area contributed by atoms with Crippen molar-refractivity contribution in [3.63, 3.8) is 0 Å². The minimum atomic E-state index is -3.44. The standard InChI is InChI=1S/C19H27N3O2S/c1-16-3-2-10-21(14-16)15-18-8-11-22(12-9-18)25(23,24)19-6-4-17(13-20)5-7-19/h4-7,16,18H,2-3,8-12,14-15H2,1H3. The molecule has 0 amide bonds. The van der Waals surface area contributed by atoms with Crippen LogP contribution in [-0.4, -0.2) is 50.3 Å². The van der Waals surface area contributed by atoms with E-state index in [9.17, 15) is 8.42 Å². The van der Waals surface area contributed by atoms with E-state index in [1.54, 1.807) is 16.4 Å². The highest BCUT2D eigenvalue weighted by molar-refractivity contribution is 7.89. The van der Waals surface area contributed by atoms with Gasteiger partial charge in [-0.1, -0.05) is 6.92 Å². The minimum Gasteiger partial charge on any atom is -0.303 e. The van der Waals surface area contributed by atoms with Crippen molar-refractivity contribution in [2.45, 2.75) is 37.5 Å². The van der Waals surface area contributed by atoms with Crippen LogP contribution in [0.3, 0.4) is 0 Å². The van der Waals surface area contributed by atoms with Crippen LogP contribution in [0.4, 0.5) is 0 Å². The Morgan fingerprint density at radius 2 is 1.80 bits per heavy atom. The van der Waals surface area contributed by atoms with Crippen molar-refractivity contribution in [2.24, 2.45) is 11.8 Å². The lowest BCUT2D eigenvalue weighted by atomic mass is 9.94. The van der Waals surface area contributed by atoms with Gasteiger partial charge in [-0.3, -0.25) is 0 Å². The van der Waals surface area contributed by atoms with Gasteiger partial charge < -0.3 is 4.90 Å². The fraction of sp³-hybridized carbons (Fsp3) is 0.632. The highest BCUT2D eigenvalue weighted by Gasteiger charge is 2.30. The van der Waals surface area contributed by atoms with Crippen LogP contribution in [0, 0.1) is 23.2 Å². The third-order valence-electron chi connectivity index (χ3n) is 5.45. The van der Waals surface area contributed by atoms with Crippen LogP contribution >= 0.6 is 0 Å². The monoisotopic (exact) mass is 361 g/mol. The number of rotatable bonds is 4. The van der Waals surface area contributed by atoms with Crippen molar-refractivity contribution in [2.75, 3.05) is 32.7 Å². The number of sulfonamides is 1. The third kappa shape index (κ3) is 4.41. The molecule has 1 atom stereocenters. The van der Waals surface area contributed by atoms with Gasteiger partial charge in [-0.05, 0) is 68.3 Å². The van der Waals surface area contributed by atoms with Crippen molar-refractivity contribution in [1.29, 1.82) is 5.26 Å². The van der Waals surface area contributed by atoms with Crippen molar-refractivity contribution in [3.05, 3.63) is 29.8 Å². The molecule has 1 aromatic rings. The van der Waals surface area contributed by atoms with Crippen LogP contribution < -0.4 is 0 Å². The summed E-state index contributed by atoms with van der Waals surface area (Å²) in [4.78, 5) is 2.85. The molecule has 0 radical (unpaired) electrons. The second-order valence-corrected chi connectivity index (χ2v) is 9.43. The number of hydrogen-bond donors (Lipinski definition) is 0. The molecule has 2 heterocycles.